The highest BCUT2D eigenvalue weighted by Crippen LogP contribution is 2.19. The lowest BCUT2D eigenvalue weighted by Crippen LogP contribution is -2.45. The number of rotatable bonds is 9. The third-order valence-corrected chi connectivity index (χ3v) is 4.40. The molecular formula is C17H32F3IN4O2. The fraction of sp³-hybridized carbons (Fsp3) is 0.941. The van der Waals surface area contributed by atoms with E-state index >= 15 is 0 Å². The van der Waals surface area contributed by atoms with Gasteiger partial charge in [0, 0.05) is 45.4 Å². The molecule has 0 amide bonds. The summed E-state index contributed by atoms with van der Waals surface area (Å²) in [6.45, 7) is 5.37. The molecule has 0 aliphatic carbocycles. The van der Waals surface area contributed by atoms with Crippen LogP contribution in [0.2, 0.25) is 0 Å². The molecule has 27 heavy (non-hydrogen) atoms. The number of halogens is 4. The predicted octanol–water partition coefficient (Wildman–Crippen LogP) is 2.38. The van der Waals surface area contributed by atoms with Gasteiger partial charge in [-0.15, -0.1) is 24.0 Å². The zero-order chi connectivity index (χ0) is 18.8. The largest absolute Gasteiger partial charge is 0.401 e. The molecule has 0 saturated carbocycles. The molecule has 2 N–H and O–H groups in total. The topological polar surface area (TPSA) is 58.1 Å². The normalized spacial score (nSPS) is 24.1. The summed E-state index contributed by atoms with van der Waals surface area (Å²) in [6, 6.07) is -0.00841. The maximum absolute atomic E-state index is 12.5. The molecule has 0 bridgehead atoms. The number of nitrogens with one attached hydrogen (secondary N) is 2. The second-order valence-electron chi connectivity index (χ2n) is 6.80. The SMILES string of the molecule is CCNC(=NCCCOCC1CCCO1)NC1CCN(CC(F)(F)F)C1.I. The second-order valence-corrected chi connectivity index (χ2v) is 6.80. The number of ether oxygens (including phenoxy) is 2. The highest BCUT2D eigenvalue weighted by atomic mass is 127. The van der Waals surface area contributed by atoms with Gasteiger partial charge in [-0.2, -0.15) is 13.2 Å². The zero-order valence-corrected chi connectivity index (χ0v) is 18.2. The van der Waals surface area contributed by atoms with Gasteiger partial charge in [0.25, 0.3) is 0 Å². The lowest BCUT2D eigenvalue weighted by atomic mass is 10.2. The second kappa shape index (κ2) is 13.0. The first-order valence-corrected chi connectivity index (χ1v) is 9.49. The van der Waals surface area contributed by atoms with Crippen LogP contribution in [0.1, 0.15) is 32.6 Å². The first kappa shape index (κ1) is 24.7. The van der Waals surface area contributed by atoms with Crippen molar-refractivity contribution in [1.29, 1.82) is 0 Å². The standard InChI is InChI=1S/C17H31F3N4O2.HI/c1-2-21-16(22-7-4-9-25-12-15-5-3-10-26-15)23-14-6-8-24(11-14)13-17(18,19)20;/h14-15H,2-13H2,1H3,(H2,21,22,23);1H. The number of hydrogen-bond acceptors (Lipinski definition) is 4. The highest BCUT2D eigenvalue weighted by molar-refractivity contribution is 14.0. The van der Waals surface area contributed by atoms with Crippen molar-refractivity contribution in [1.82, 2.24) is 15.5 Å². The van der Waals surface area contributed by atoms with Crippen LogP contribution in [0.5, 0.6) is 0 Å². The molecule has 2 atom stereocenters. The third kappa shape index (κ3) is 10.7. The van der Waals surface area contributed by atoms with E-state index < -0.39 is 12.7 Å². The number of aliphatic imine (C=N–C) groups is 1. The number of alkyl halides is 3. The molecule has 160 valence electrons. The highest BCUT2D eigenvalue weighted by Gasteiger charge is 2.34. The van der Waals surface area contributed by atoms with Gasteiger partial charge >= 0.3 is 6.18 Å². The molecule has 2 fully saturated rings. The van der Waals surface area contributed by atoms with Gasteiger partial charge in [0.15, 0.2) is 5.96 Å². The predicted molar refractivity (Wildman–Crippen MR) is 110 cm³/mol. The van der Waals surface area contributed by atoms with Crippen LogP contribution in [0.3, 0.4) is 0 Å². The van der Waals surface area contributed by atoms with Crippen molar-refractivity contribution in [3.63, 3.8) is 0 Å². The Bertz CT molecular complexity index is 435. The van der Waals surface area contributed by atoms with E-state index in [9.17, 15) is 13.2 Å². The van der Waals surface area contributed by atoms with Crippen LogP contribution in [-0.4, -0.2) is 81.7 Å². The summed E-state index contributed by atoms with van der Waals surface area (Å²) in [7, 11) is 0. The molecule has 0 spiro atoms. The average Bonchev–Trinajstić information content (AvgIpc) is 3.21. The van der Waals surface area contributed by atoms with Gasteiger partial charge in [-0.25, -0.2) is 0 Å². The summed E-state index contributed by atoms with van der Waals surface area (Å²) in [6.07, 6.45) is -0.243. The molecule has 0 aromatic carbocycles. The first-order valence-electron chi connectivity index (χ1n) is 9.49. The van der Waals surface area contributed by atoms with E-state index in [1.54, 1.807) is 0 Å². The minimum Gasteiger partial charge on any atom is -0.379 e. The van der Waals surface area contributed by atoms with Gasteiger partial charge in [0.05, 0.1) is 19.3 Å². The molecule has 6 nitrogen and oxygen atoms in total. The molecule has 2 unspecified atom stereocenters. The minimum atomic E-state index is -4.14. The summed E-state index contributed by atoms with van der Waals surface area (Å²) >= 11 is 0. The van der Waals surface area contributed by atoms with Crippen LogP contribution in [0.15, 0.2) is 4.99 Å². The Morgan fingerprint density at radius 1 is 1.33 bits per heavy atom. The molecule has 2 aliphatic heterocycles. The fourth-order valence-corrected chi connectivity index (χ4v) is 3.21. The molecular weight excluding hydrogens is 476 g/mol. The van der Waals surface area contributed by atoms with Gasteiger partial charge < -0.3 is 20.1 Å². The van der Waals surface area contributed by atoms with Crippen LogP contribution in [0.25, 0.3) is 0 Å². The third-order valence-electron chi connectivity index (χ3n) is 4.40. The maximum atomic E-state index is 12.5. The average molecular weight is 508 g/mol. The minimum absolute atomic E-state index is 0. The van der Waals surface area contributed by atoms with Crippen molar-refractivity contribution in [2.75, 3.05) is 52.5 Å². The smallest absolute Gasteiger partial charge is 0.379 e. The van der Waals surface area contributed by atoms with E-state index in [0.717, 1.165) is 25.9 Å². The quantitative estimate of drug-likeness (QED) is 0.217. The fourth-order valence-electron chi connectivity index (χ4n) is 3.21. The summed E-state index contributed by atoms with van der Waals surface area (Å²) in [5.41, 5.74) is 0. The van der Waals surface area contributed by atoms with Gasteiger partial charge in [-0.1, -0.05) is 0 Å². The van der Waals surface area contributed by atoms with Crippen LogP contribution in [0, 0.1) is 0 Å². The Morgan fingerprint density at radius 3 is 2.81 bits per heavy atom. The summed E-state index contributed by atoms with van der Waals surface area (Å²) in [5, 5.41) is 6.38. The Kier molecular flexibility index (Phi) is 11.9. The van der Waals surface area contributed by atoms with E-state index in [-0.39, 0.29) is 36.1 Å². The monoisotopic (exact) mass is 508 g/mol. The summed E-state index contributed by atoms with van der Waals surface area (Å²) < 4.78 is 48.5. The lowest BCUT2D eigenvalue weighted by Gasteiger charge is -2.19. The van der Waals surface area contributed by atoms with Crippen LogP contribution < -0.4 is 10.6 Å². The number of guanidine groups is 1. The molecule has 10 heteroatoms. The van der Waals surface area contributed by atoms with E-state index in [2.05, 4.69) is 15.6 Å². The molecule has 0 aromatic rings. The molecule has 0 radical (unpaired) electrons. The maximum Gasteiger partial charge on any atom is 0.401 e. The zero-order valence-electron chi connectivity index (χ0n) is 15.9. The Balaban J connectivity index is 0.00000364. The van der Waals surface area contributed by atoms with Crippen LogP contribution in [-0.2, 0) is 9.47 Å². The number of nitrogens with zero attached hydrogens (tertiary/aromatic N) is 2. The molecule has 2 aliphatic rings. The lowest BCUT2D eigenvalue weighted by molar-refractivity contribution is -0.143. The number of hydrogen-bond donors (Lipinski definition) is 2. The van der Waals surface area contributed by atoms with E-state index in [4.69, 9.17) is 9.47 Å². The Morgan fingerprint density at radius 2 is 2.15 bits per heavy atom. The van der Waals surface area contributed by atoms with Crippen molar-refractivity contribution >= 4 is 29.9 Å². The first-order chi connectivity index (χ1) is 12.5. The van der Waals surface area contributed by atoms with Crippen molar-refractivity contribution in [2.24, 2.45) is 4.99 Å². The molecule has 2 saturated heterocycles. The van der Waals surface area contributed by atoms with Gasteiger partial charge in [-0.3, -0.25) is 9.89 Å². The van der Waals surface area contributed by atoms with Gasteiger partial charge in [0.2, 0.25) is 0 Å². The summed E-state index contributed by atoms with van der Waals surface area (Å²) in [4.78, 5) is 5.92. The van der Waals surface area contributed by atoms with Gasteiger partial charge in [0.1, 0.15) is 0 Å². The van der Waals surface area contributed by atoms with Crippen LogP contribution in [0.4, 0.5) is 13.2 Å². The molecule has 0 aromatic heterocycles. The number of likely N-dealkylation sites (tertiary alicyclic amines) is 1. The van der Waals surface area contributed by atoms with E-state index in [1.165, 1.54) is 4.90 Å². The molecule has 2 rings (SSSR count). The van der Waals surface area contributed by atoms with Crippen molar-refractivity contribution in [3.8, 4) is 0 Å². The van der Waals surface area contributed by atoms with Crippen molar-refractivity contribution in [3.05, 3.63) is 0 Å². The van der Waals surface area contributed by atoms with Crippen molar-refractivity contribution in [2.45, 2.75) is 50.9 Å². The van der Waals surface area contributed by atoms with Crippen LogP contribution >= 0.6 is 24.0 Å². The van der Waals surface area contributed by atoms with E-state index in [0.29, 0.717) is 51.8 Å². The Labute approximate surface area is 176 Å². The summed E-state index contributed by atoms with van der Waals surface area (Å²) in [5.74, 6) is 0.658. The van der Waals surface area contributed by atoms with Gasteiger partial charge in [-0.05, 0) is 32.6 Å². The van der Waals surface area contributed by atoms with E-state index in [1.807, 2.05) is 6.92 Å². The molecule has 2 heterocycles. The Hall–Kier alpha value is -0.330. The van der Waals surface area contributed by atoms with Crippen molar-refractivity contribution < 1.29 is 22.6 Å².